The van der Waals surface area contributed by atoms with E-state index in [4.69, 9.17) is 0 Å². The van der Waals surface area contributed by atoms with Gasteiger partial charge in [-0.3, -0.25) is 4.79 Å². The first-order valence-electron chi connectivity index (χ1n) is 6.15. The van der Waals surface area contributed by atoms with Crippen molar-refractivity contribution < 1.29 is 4.79 Å². The minimum absolute atomic E-state index is 0.267. The van der Waals surface area contributed by atoms with Crippen LogP contribution in [-0.4, -0.2) is 23.8 Å². The standard InChI is InChI=1S/C14H16N2O/c17-14-11-6-8-16(9-7-11)13(14)10-15-12-4-2-1-3-5-12/h1-5,10-11,15H,6-9H2/b13-10+. The summed E-state index contributed by atoms with van der Waals surface area (Å²) >= 11 is 0. The molecule has 0 aromatic heterocycles. The van der Waals surface area contributed by atoms with E-state index in [1.165, 1.54) is 0 Å². The zero-order valence-corrected chi connectivity index (χ0v) is 9.73. The number of hydrogen-bond donors (Lipinski definition) is 1. The fourth-order valence-electron chi connectivity index (χ4n) is 2.60. The van der Waals surface area contributed by atoms with Gasteiger partial charge in [0.25, 0.3) is 0 Å². The first-order chi connectivity index (χ1) is 8.34. The summed E-state index contributed by atoms with van der Waals surface area (Å²) in [6, 6.07) is 9.94. The molecular weight excluding hydrogens is 212 g/mol. The van der Waals surface area contributed by atoms with E-state index in [-0.39, 0.29) is 5.92 Å². The van der Waals surface area contributed by atoms with Crippen molar-refractivity contribution in [3.8, 4) is 0 Å². The highest BCUT2D eigenvalue weighted by Crippen LogP contribution is 2.31. The molecule has 3 aliphatic rings. The lowest BCUT2D eigenvalue weighted by Crippen LogP contribution is -2.46. The van der Waals surface area contributed by atoms with E-state index < -0.39 is 0 Å². The second-order valence-corrected chi connectivity index (χ2v) is 4.67. The number of nitrogens with one attached hydrogen (secondary N) is 1. The molecule has 17 heavy (non-hydrogen) atoms. The summed E-state index contributed by atoms with van der Waals surface area (Å²) in [6.45, 7) is 2.05. The molecule has 2 bridgehead atoms. The van der Waals surface area contributed by atoms with E-state index in [0.717, 1.165) is 37.3 Å². The third kappa shape index (κ3) is 1.93. The summed E-state index contributed by atoms with van der Waals surface area (Å²) in [5.41, 5.74) is 1.88. The maximum Gasteiger partial charge on any atom is 0.183 e. The van der Waals surface area contributed by atoms with Gasteiger partial charge in [-0.15, -0.1) is 0 Å². The Bertz CT molecular complexity index is 445. The molecule has 0 saturated carbocycles. The lowest BCUT2D eigenvalue weighted by molar-refractivity contribution is -0.125. The number of ketones is 1. The lowest BCUT2D eigenvalue weighted by Gasteiger charge is -2.40. The second-order valence-electron chi connectivity index (χ2n) is 4.67. The Kier molecular flexibility index (Phi) is 2.59. The Balaban J connectivity index is 1.78. The molecule has 3 heterocycles. The molecule has 1 N–H and O–H groups in total. The molecule has 1 aromatic rings. The van der Waals surface area contributed by atoms with Crippen LogP contribution in [-0.2, 0) is 4.79 Å². The van der Waals surface area contributed by atoms with Crippen LogP contribution in [0.3, 0.4) is 0 Å². The van der Waals surface area contributed by atoms with Crippen LogP contribution in [0.1, 0.15) is 12.8 Å². The van der Waals surface area contributed by atoms with Gasteiger partial charge in [0.2, 0.25) is 0 Å². The van der Waals surface area contributed by atoms with Crippen LogP contribution in [0.15, 0.2) is 42.2 Å². The average molecular weight is 228 g/mol. The van der Waals surface area contributed by atoms with Crippen molar-refractivity contribution in [2.45, 2.75) is 12.8 Å². The van der Waals surface area contributed by atoms with Crippen LogP contribution in [0.5, 0.6) is 0 Å². The minimum atomic E-state index is 0.267. The van der Waals surface area contributed by atoms with Gasteiger partial charge in [-0.2, -0.15) is 0 Å². The maximum atomic E-state index is 12.1. The van der Waals surface area contributed by atoms with E-state index in [2.05, 4.69) is 10.2 Å². The van der Waals surface area contributed by atoms with Gasteiger partial charge < -0.3 is 10.2 Å². The minimum Gasteiger partial charge on any atom is -0.367 e. The van der Waals surface area contributed by atoms with Crippen LogP contribution in [0.4, 0.5) is 5.69 Å². The quantitative estimate of drug-likeness (QED) is 0.788. The normalized spacial score (nSPS) is 22.2. The van der Waals surface area contributed by atoms with Gasteiger partial charge in [0.15, 0.2) is 5.78 Å². The Labute approximate surface area is 101 Å². The third-order valence-corrected chi connectivity index (χ3v) is 3.61. The molecule has 0 atom stereocenters. The molecule has 3 aliphatic heterocycles. The van der Waals surface area contributed by atoms with E-state index in [0.29, 0.717) is 5.78 Å². The van der Waals surface area contributed by atoms with Crippen LogP contribution >= 0.6 is 0 Å². The largest absolute Gasteiger partial charge is 0.367 e. The van der Waals surface area contributed by atoms with Crippen molar-refractivity contribution in [3.63, 3.8) is 0 Å². The number of nitrogens with zero attached hydrogens (tertiary/aromatic N) is 1. The number of hydrogen-bond acceptors (Lipinski definition) is 3. The van der Waals surface area contributed by atoms with E-state index >= 15 is 0 Å². The van der Waals surface area contributed by atoms with Crippen molar-refractivity contribution in [1.29, 1.82) is 0 Å². The maximum absolute atomic E-state index is 12.1. The van der Waals surface area contributed by atoms with Crippen LogP contribution < -0.4 is 5.32 Å². The van der Waals surface area contributed by atoms with Gasteiger partial charge in [0, 0.05) is 30.9 Å². The van der Waals surface area contributed by atoms with E-state index in [9.17, 15) is 4.79 Å². The second kappa shape index (κ2) is 4.24. The molecule has 0 spiro atoms. The summed E-state index contributed by atoms with van der Waals surface area (Å²) in [5, 5.41) is 3.21. The molecule has 4 rings (SSSR count). The number of para-hydroxylation sites is 1. The van der Waals surface area contributed by atoms with E-state index in [1.807, 2.05) is 36.5 Å². The zero-order valence-electron chi connectivity index (χ0n) is 9.73. The fourth-order valence-corrected chi connectivity index (χ4v) is 2.60. The predicted molar refractivity (Wildman–Crippen MR) is 67.5 cm³/mol. The molecule has 3 fully saturated rings. The van der Waals surface area contributed by atoms with Crippen molar-refractivity contribution in [1.82, 2.24) is 4.90 Å². The zero-order chi connectivity index (χ0) is 11.7. The Morgan fingerprint density at radius 3 is 2.53 bits per heavy atom. The molecule has 3 heteroatoms. The van der Waals surface area contributed by atoms with Gasteiger partial charge in [-0.25, -0.2) is 0 Å². The SMILES string of the molecule is O=C1/C(=C\Nc2ccccc2)N2CCC1CC2. The van der Waals surface area contributed by atoms with Crippen LogP contribution in [0, 0.1) is 5.92 Å². The number of Topliss-reactive ketones (excluding diaryl/α,β-unsaturated/α-hetero) is 1. The molecule has 1 aromatic carbocycles. The van der Waals surface area contributed by atoms with Crippen molar-refractivity contribution in [3.05, 3.63) is 42.2 Å². The molecule has 0 radical (unpaired) electrons. The van der Waals surface area contributed by atoms with Crippen LogP contribution in [0.25, 0.3) is 0 Å². The summed E-state index contributed by atoms with van der Waals surface area (Å²) in [5.74, 6) is 0.578. The molecule has 3 nitrogen and oxygen atoms in total. The first kappa shape index (κ1) is 10.4. The summed E-state index contributed by atoms with van der Waals surface area (Å²) in [4.78, 5) is 14.3. The smallest absolute Gasteiger partial charge is 0.183 e. The molecule has 0 amide bonds. The highest BCUT2D eigenvalue weighted by molar-refractivity contribution is 5.98. The number of carbonyl (C=O) groups is 1. The summed E-state index contributed by atoms with van der Waals surface area (Å²) in [6.07, 6.45) is 3.92. The van der Waals surface area contributed by atoms with Gasteiger partial charge in [0.05, 0.1) is 5.70 Å². The van der Waals surface area contributed by atoms with Gasteiger partial charge >= 0.3 is 0 Å². The van der Waals surface area contributed by atoms with Crippen molar-refractivity contribution in [2.24, 2.45) is 5.92 Å². The summed E-state index contributed by atoms with van der Waals surface area (Å²) < 4.78 is 0. The predicted octanol–water partition coefficient (Wildman–Crippen LogP) is 2.23. The van der Waals surface area contributed by atoms with Crippen LogP contribution in [0.2, 0.25) is 0 Å². The number of anilines is 1. The molecule has 0 unspecified atom stereocenters. The number of fused-ring (bicyclic) bond motifs is 3. The third-order valence-electron chi connectivity index (χ3n) is 3.61. The van der Waals surface area contributed by atoms with Crippen molar-refractivity contribution in [2.75, 3.05) is 18.4 Å². The van der Waals surface area contributed by atoms with E-state index in [1.54, 1.807) is 0 Å². The topological polar surface area (TPSA) is 32.3 Å². The molecule has 0 aliphatic carbocycles. The first-order valence-corrected chi connectivity index (χ1v) is 6.15. The van der Waals surface area contributed by atoms with Crippen molar-refractivity contribution >= 4 is 11.5 Å². The molecule has 3 saturated heterocycles. The highest BCUT2D eigenvalue weighted by atomic mass is 16.1. The number of carbonyl (C=O) groups excluding carboxylic acids is 1. The fraction of sp³-hybridized carbons (Fsp3) is 0.357. The Morgan fingerprint density at radius 2 is 1.88 bits per heavy atom. The number of benzene rings is 1. The average Bonchev–Trinajstić information content (AvgIpc) is 2.40. The number of allylic oxidation sites excluding steroid dienone is 1. The number of rotatable bonds is 2. The van der Waals surface area contributed by atoms with Gasteiger partial charge in [-0.05, 0) is 25.0 Å². The van der Waals surface area contributed by atoms with Gasteiger partial charge in [-0.1, -0.05) is 18.2 Å². The number of piperidine rings is 3. The lowest BCUT2D eigenvalue weighted by atomic mass is 9.85. The molecule has 88 valence electrons. The monoisotopic (exact) mass is 228 g/mol. The van der Waals surface area contributed by atoms with Gasteiger partial charge in [0.1, 0.15) is 0 Å². The molecular formula is C14H16N2O. The Hall–Kier alpha value is -1.77. The highest BCUT2D eigenvalue weighted by Gasteiger charge is 2.36. The Morgan fingerprint density at radius 1 is 1.18 bits per heavy atom. The summed E-state index contributed by atoms with van der Waals surface area (Å²) in [7, 11) is 0.